The van der Waals surface area contributed by atoms with Crippen LogP contribution in [0.3, 0.4) is 0 Å². The zero-order valence-corrected chi connectivity index (χ0v) is 35.1. The first-order valence-electron chi connectivity index (χ1n) is 22.2. The molecule has 7 aromatic carbocycles. The Morgan fingerprint density at radius 2 is 1.16 bits per heavy atom. The van der Waals surface area contributed by atoms with Gasteiger partial charge in [-0.1, -0.05) is 207 Å². The third-order valence-corrected chi connectivity index (χ3v) is 14.1. The minimum Gasteiger partial charge on any atom is -0.355 e. The van der Waals surface area contributed by atoms with Crippen LogP contribution in [0.4, 0.5) is 5.69 Å². The normalized spacial score (nSPS) is 22.4. The molecule has 3 nitrogen and oxygen atoms in total. The van der Waals surface area contributed by atoms with Crippen LogP contribution < -0.4 is 16.4 Å². The van der Waals surface area contributed by atoms with Crippen LogP contribution in [0.25, 0.3) is 27.8 Å². The zero-order valence-electron chi connectivity index (χ0n) is 35.1. The van der Waals surface area contributed by atoms with Crippen molar-refractivity contribution in [2.24, 2.45) is 17.6 Å². The molecule has 1 fully saturated rings. The third-order valence-electron chi connectivity index (χ3n) is 14.1. The van der Waals surface area contributed by atoms with Crippen molar-refractivity contribution in [2.75, 3.05) is 5.32 Å². The maximum absolute atomic E-state index is 7.19. The Hall–Kier alpha value is -6.78. The molecule has 0 aromatic heterocycles. The van der Waals surface area contributed by atoms with Gasteiger partial charge in [0, 0.05) is 23.0 Å². The number of fused-ring (bicyclic) bond motifs is 2. The molecule has 4 N–H and O–H groups in total. The van der Waals surface area contributed by atoms with Gasteiger partial charge in [-0.25, -0.2) is 0 Å². The van der Waals surface area contributed by atoms with E-state index in [0.717, 1.165) is 29.8 Å². The first kappa shape index (κ1) is 38.2. The lowest BCUT2D eigenvalue weighted by Crippen LogP contribution is -2.33. The van der Waals surface area contributed by atoms with Gasteiger partial charge in [0.25, 0.3) is 0 Å². The van der Waals surface area contributed by atoms with Gasteiger partial charge in [0.1, 0.15) is 0 Å². The van der Waals surface area contributed by atoms with Crippen molar-refractivity contribution in [3.8, 4) is 22.3 Å². The molecule has 1 heterocycles. The number of nitrogens with one attached hydrogen (secondary N) is 2. The van der Waals surface area contributed by atoms with Crippen LogP contribution in [0.1, 0.15) is 59.2 Å². The largest absolute Gasteiger partial charge is 0.355 e. The Bertz CT molecular complexity index is 2820. The molecule has 3 heteroatoms. The summed E-state index contributed by atoms with van der Waals surface area (Å²) in [4.78, 5) is 0. The zero-order chi connectivity index (χ0) is 41.7. The lowest BCUT2D eigenvalue weighted by atomic mass is 9.66. The van der Waals surface area contributed by atoms with E-state index >= 15 is 0 Å². The highest BCUT2D eigenvalue weighted by atomic mass is 15.3. The molecular weight excluding hydrogens is 751 g/mol. The minimum atomic E-state index is -0.470. The highest BCUT2D eigenvalue weighted by Gasteiger charge is 2.61. The maximum atomic E-state index is 7.19. The first-order chi connectivity index (χ1) is 30.6. The molecule has 0 bridgehead atoms. The van der Waals surface area contributed by atoms with Gasteiger partial charge >= 0.3 is 0 Å². The summed E-state index contributed by atoms with van der Waals surface area (Å²) in [6.45, 7) is 2.40. The van der Waals surface area contributed by atoms with Gasteiger partial charge < -0.3 is 11.1 Å². The molecular formula is C59H51N3. The predicted octanol–water partition coefficient (Wildman–Crippen LogP) is 13.2. The Balaban J connectivity index is 1.01. The molecule has 0 saturated carbocycles. The fourth-order valence-corrected chi connectivity index (χ4v) is 11.0. The summed E-state index contributed by atoms with van der Waals surface area (Å²) in [5.41, 5.74) is 23.9. The van der Waals surface area contributed by atoms with Crippen LogP contribution in [0, 0.1) is 11.8 Å². The van der Waals surface area contributed by atoms with E-state index in [1.807, 2.05) is 0 Å². The molecule has 302 valence electrons. The van der Waals surface area contributed by atoms with Crippen molar-refractivity contribution < 1.29 is 0 Å². The van der Waals surface area contributed by atoms with E-state index in [0.29, 0.717) is 5.92 Å². The van der Waals surface area contributed by atoms with E-state index < -0.39 is 5.41 Å². The smallest absolute Gasteiger partial charge is 0.0794 e. The number of rotatable bonds is 10. The Labute approximate surface area is 366 Å². The van der Waals surface area contributed by atoms with Crippen LogP contribution in [0.15, 0.2) is 230 Å². The molecule has 1 saturated heterocycles. The fraction of sp³-hybridized carbons (Fsp3) is 0.153. The summed E-state index contributed by atoms with van der Waals surface area (Å²) in [6.07, 6.45) is 13.8. The van der Waals surface area contributed by atoms with Crippen molar-refractivity contribution in [3.05, 3.63) is 263 Å². The number of benzene rings is 7. The quantitative estimate of drug-likeness (QED) is 0.121. The standard InChI is InChI=1S/C59H51N3/c1-40-18-17-29-52-55(40)51-38-50(43-32-30-42(31-33-43)41-19-7-2-8-20-41)54(39-53(51)58(52,46-23-11-4-12-24-46)47-25-13-5-14-26-47)61-49-36-34-45(35-37-49)57-59(62-57,48-27-15-6-16-28-48)56(60)44-21-9-3-10-22-44/h2-17,19-34,36-40,45,56-57,61-62H,18,35,60H2,1H3/t40?,45?,56?,57-,59?/m0/s1. The second-order valence-corrected chi connectivity index (χ2v) is 17.5. The topological polar surface area (TPSA) is 60.0 Å². The van der Waals surface area contributed by atoms with Gasteiger partial charge in [-0.05, 0) is 104 Å². The van der Waals surface area contributed by atoms with Crippen molar-refractivity contribution >= 4 is 11.3 Å². The van der Waals surface area contributed by atoms with Crippen molar-refractivity contribution in [3.63, 3.8) is 0 Å². The highest BCUT2D eigenvalue weighted by molar-refractivity contribution is 5.94. The molecule has 62 heavy (non-hydrogen) atoms. The molecule has 4 unspecified atom stereocenters. The van der Waals surface area contributed by atoms with Crippen molar-refractivity contribution in [2.45, 2.75) is 42.8 Å². The molecule has 0 spiro atoms. The van der Waals surface area contributed by atoms with Gasteiger partial charge in [0.05, 0.1) is 17.0 Å². The summed E-state index contributed by atoms with van der Waals surface area (Å²) in [5.74, 6) is 0.665. The third kappa shape index (κ3) is 6.26. The second kappa shape index (κ2) is 15.6. The van der Waals surface area contributed by atoms with E-state index in [9.17, 15) is 0 Å². The van der Waals surface area contributed by atoms with Crippen molar-refractivity contribution in [1.29, 1.82) is 0 Å². The lowest BCUT2D eigenvalue weighted by Gasteiger charge is -2.36. The maximum Gasteiger partial charge on any atom is 0.0794 e. The molecule has 5 atom stereocenters. The summed E-state index contributed by atoms with van der Waals surface area (Å²) in [5, 5.41) is 7.97. The van der Waals surface area contributed by atoms with Gasteiger partial charge in [-0.2, -0.15) is 0 Å². The van der Waals surface area contributed by atoms with Gasteiger partial charge in [0.2, 0.25) is 0 Å². The first-order valence-corrected chi connectivity index (χ1v) is 22.2. The van der Waals surface area contributed by atoms with Gasteiger partial charge in [-0.15, -0.1) is 0 Å². The monoisotopic (exact) mass is 801 g/mol. The summed E-state index contributed by atoms with van der Waals surface area (Å²) in [7, 11) is 0. The Kier molecular flexibility index (Phi) is 9.60. The molecule has 7 aromatic rings. The van der Waals surface area contributed by atoms with E-state index in [1.54, 1.807) is 0 Å². The summed E-state index contributed by atoms with van der Waals surface area (Å²) >= 11 is 0. The van der Waals surface area contributed by atoms with Crippen molar-refractivity contribution in [1.82, 2.24) is 5.32 Å². The molecule has 1 aliphatic heterocycles. The van der Waals surface area contributed by atoms with Gasteiger partial charge in [0.15, 0.2) is 0 Å². The molecule has 0 radical (unpaired) electrons. The lowest BCUT2D eigenvalue weighted by molar-refractivity contribution is 0.474. The number of hydrogen-bond acceptors (Lipinski definition) is 3. The molecule has 0 amide bonds. The van der Waals surface area contributed by atoms with E-state index in [2.05, 4.69) is 236 Å². The van der Waals surface area contributed by atoms with E-state index in [4.69, 9.17) is 5.73 Å². The van der Waals surface area contributed by atoms with Crippen LogP contribution >= 0.6 is 0 Å². The minimum absolute atomic E-state index is 0.179. The Morgan fingerprint density at radius 3 is 1.77 bits per heavy atom. The number of anilines is 1. The van der Waals surface area contributed by atoms with Crippen LogP contribution in [-0.2, 0) is 11.0 Å². The van der Waals surface area contributed by atoms with Crippen LogP contribution in [-0.4, -0.2) is 6.04 Å². The number of hydrogen-bond donors (Lipinski definition) is 3. The average molecular weight is 802 g/mol. The average Bonchev–Trinajstić information content (AvgIpc) is 4.04. The number of allylic oxidation sites excluding steroid dienone is 6. The highest BCUT2D eigenvalue weighted by Crippen LogP contribution is 2.60. The van der Waals surface area contributed by atoms with Crippen LogP contribution in [0.5, 0.6) is 0 Å². The SMILES string of the molecule is CC1CC=CC2=C1c1cc(-c3ccc(-c4ccccc4)cc3)c(NC3=CCC([C@@H]4NC4(c4ccccc4)C(N)c4ccccc4)C=C3)cc1C2(c1ccccc1)c1ccccc1. The van der Waals surface area contributed by atoms with E-state index in [1.165, 1.54) is 61.2 Å². The summed E-state index contributed by atoms with van der Waals surface area (Å²) in [6, 6.07) is 68.4. The molecule has 3 aliphatic carbocycles. The number of nitrogens with two attached hydrogens (primary N) is 1. The fourth-order valence-electron chi connectivity index (χ4n) is 11.0. The molecule has 11 rings (SSSR count). The Morgan fingerprint density at radius 1 is 0.597 bits per heavy atom. The van der Waals surface area contributed by atoms with E-state index in [-0.39, 0.29) is 23.5 Å². The second-order valence-electron chi connectivity index (χ2n) is 17.5. The molecule has 4 aliphatic rings. The summed E-state index contributed by atoms with van der Waals surface area (Å²) < 4.78 is 0. The van der Waals surface area contributed by atoms with Gasteiger partial charge in [-0.3, -0.25) is 5.32 Å². The van der Waals surface area contributed by atoms with Crippen LogP contribution in [0.2, 0.25) is 0 Å². The predicted molar refractivity (Wildman–Crippen MR) is 257 cm³/mol.